The van der Waals surface area contributed by atoms with Gasteiger partial charge in [-0.05, 0) is 31.2 Å². The van der Waals surface area contributed by atoms with Crippen molar-refractivity contribution >= 4 is 11.8 Å². The first-order chi connectivity index (χ1) is 9.44. The molecule has 0 saturated carbocycles. The van der Waals surface area contributed by atoms with E-state index in [1.165, 1.54) is 13.8 Å². The van der Waals surface area contributed by atoms with E-state index in [1.807, 2.05) is 30.3 Å². The third kappa shape index (κ3) is 2.57. The van der Waals surface area contributed by atoms with Crippen molar-refractivity contribution in [2.45, 2.75) is 42.6 Å². The monoisotopic (exact) mass is 295 g/mol. The Labute approximate surface area is 120 Å². The van der Waals surface area contributed by atoms with E-state index in [2.05, 4.69) is 10.1 Å². The summed E-state index contributed by atoms with van der Waals surface area (Å²) in [5.41, 5.74) is 0.995. The highest BCUT2D eigenvalue weighted by atomic mass is 32.2. The minimum Gasteiger partial charge on any atom is -0.239 e. The lowest BCUT2D eigenvalue weighted by atomic mass is 10.0. The van der Waals surface area contributed by atoms with Crippen LogP contribution in [0.15, 0.2) is 35.5 Å². The molecule has 2 atom stereocenters. The lowest BCUT2D eigenvalue weighted by Crippen LogP contribution is -2.08. The highest BCUT2D eigenvalue weighted by molar-refractivity contribution is 8.00. The van der Waals surface area contributed by atoms with Gasteiger partial charge in [-0.15, -0.1) is 5.10 Å². The number of alkyl halides is 2. The molecule has 2 aromatic rings. The molecule has 2 unspecified atom stereocenters. The predicted octanol–water partition coefficient (Wildman–Crippen LogP) is 4.08. The number of rotatable bonds is 3. The second kappa shape index (κ2) is 4.84. The van der Waals surface area contributed by atoms with Crippen molar-refractivity contribution in [2.75, 3.05) is 0 Å². The molecular formula is C14H15F2N3S. The largest absolute Gasteiger partial charge is 0.239 e. The quantitative estimate of drug-likeness (QED) is 0.799. The zero-order valence-corrected chi connectivity index (χ0v) is 12.1. The second-order valence-corrected chi connectivity index (χ2v) is 6.83. The minimum absolute atomic E-state index is 0.161. The first-order valence-electron chi connectivity index (χ1n) is 6.47. The van der Waals surface area contributed by atoms with Gasteiger partial charge in [0.1, 0.15) is 0 Å². The Hall–Kier alpha value is -1.43. The number of thioether (sulfide) groups is 1. The molecule has 106 valence electrons. The zero-order chi connectivity index (χ0) is 14.3. The average Bonchev–Trinajstić information content (AvgIpc) is 2.89. The highest BCUT2D eigenvalue weighted by Gasteiger charge is 2.36. The highest BCUT2D eigenvalue weighted by Crippen LogP contribution is 2.41. The Morgan fingerprint density at radius 3 is 2.65 bits per heavy atom. The van der Waals surface area contributed by atoms with Crippen LogP contribution in [0.25, 0.3) is 0 Å². The lowest BCUT2D eigenvalue weighted by Gasteiger charge is -2.12. The topological polar surface area (TPSA) is 30.7 Å². The van der Waals surface area contributed by atoms with Gasteiger partial charge in [0.15, 0.2) is 17.0 Å². The standard InChI is InChI=1S/C14H15F2N3S/c1-14(2,16)20-13-17-12-10(15)8-11(19(12)18-13)9-6-4-3-5-7-9/h3-7,10-11H,8H2,1-2H3. The molecule has 0 fully saturated rings. The van der Waals surface area contributed by atoms with Crippen molar-refractivity contribution in [3.05, 3.63) is 41.7 Å². The lowest BCUT2D eigenvalue weighted by molar-refractivity contribution is 0.326. The van der Waals surface area contributed by atoms with Crippen LogP contribution in [0.5, 0.6) is 0 Å². The molecule has 1 aromatic carbocycles. The number of aromatic nitrogens is 3. The molecule has 20 heavy (non-hydrogen) atoms. The van der Waals surface area contributed by atoms with Crippen LogP contribution in [-0.2, 0) is 0 Å². The molecule has 2 heterocycles. The van der Waals surface area contributed by atoms with Crippen LogP contribution >= 0.6 is 11.8 Å². The van der Waals surface area contributed by atoms with E-state index < -0.39 is 11.2 Å². The van der Waals surface area contributed by atoms with E-state index in [4.69, 9.17) is 0 Å². The van der Waals surface area contributed by atoms with E-state index in [1.54, 1.807) is 4.68 Å². The maximum absolute atomic E-state index is 14.1. The van der Waals surface area contributed by atoms with Crippen molar-refractivity contribution < 1.29 is 8.78 Å². The van der Waals surface area contributed by atoms with Gasteiger partial charge in [0.25, 0.3) is 0 Å². The molecule has 1 aromatic heterocycles. The predicted molar refractivity (Wildman–Crippen MR) is 74.1 cm³/mol. The van der Waals surface area contributed by atoms with Gasteiger partial charge in [0, 0.05) is 6.42 Å². The fourth-order valence-electron chi connectivity index (χ4n) is 2.37. The Morgan fingerprint density at radius 1 is 1.30 bits per heavy atom. The van der Waals surface area contributed by atoms with Crippen LogP contribution in [0.3, 0.4) is 0 Å². The average molecular weight is 295 g/mol. The van der Waals surface area contributed by atoms with E-state index in [-0.39, 0.29) is 11.2 Å². The van der Waals surface area contributed by atoms with Crippen molar-refractivity contribution in [1.82, 2.24) is 14.8 Å². The van der Waals surface area contributed by atoms with E-state index in [0.717, 1.165) is 17.3 Å². The fourth-order valence-corrected chi connectivity index (χ4v) is 3.07. The van der Waals surface area contributed by atoms with Gasteiger partial charge >= 0.3 is 0 Å². The number of fused-ring (bicyclic) bond motifs is 1. The first-order valence-corrected chi connectivity index (χ1v) is 7.29. The Kier molecular flexibility index (Phi) is 3.28. The van der Waals surface area contributed by atoms with Crippen molar-refractivity contribution in [3.63, 3.8) is 0 Å². The molecule has 0 spiro atoms. The van der Waals surface area contributed by atoms with Gasteiger partial charge in [-0.1, -0.05) is 30.3 Å². The van der Waals surface area contributed by atoms with Crippen molar-refractivity contribution in [1.29, 1.82) is 0 Å². The van der Waals surface area contributed by atoms with Crippen molar-refractivity contribution in [2.24, 2.45) is 0 Å². The first kappa shape index (κ1) is 13.5. The summed E-state index contributed by atoms with van der Waals surface area (Å²) in [6.45, 7) is 2.87. The molecule has 0 bridgehead atoms. The number of nitrogens with zero attached hydrogens (tertiary/aromatic N) is 3. The van der Waals surface area contributed by atoms with Gasteiger partial charge < -0.3 is 0 Å². The van der Waals surface area contributed by atoms with Crippen LogP contribution in [0, 0.1) is 0 Å². The smallest absolute Gasteiger partial charge is 0.211 e. The van der Waals surface area contributed by atoms with E-state index in [0.29, 0.717) is 12.2 Å². The van der Waals surface area contributed by atoms with Gasteiger partial charge in [0.05, 0.1) is 6.04 Å². The van der Waals surface area contributed by atoms with Crippen LogP contribution in [-0.4, -0.2) is 19.8 Å². The van der Waals surface area contributed by atoms with Gasteiger partial charge in [-0.2, -0.15) is 0 Å². The summed E-state index contributed by atoms with van der Waals surface area (Å²) in [4.78, 5) is 4.13. The summed E-state index contributed by atoms with van der Waals surface area (Å²) in [6, 6.07) is 9.47. The fraction of sp³-hybridized carbons (Fsp3) is 0.429. The Balaban J connectivity index is 1.94. The van der Waals surface area contributed by atoms with Crippen LogP contribution in [0.1, 0.15) is 43.9 Å². The van der Waals surface area contributed by atoms with Crippen LogP contribution in [0.2, 0.25) is 0 Å². The third-order valence-corrected chi connectivity index (χ3v) is 4.00. The van der Waals surface area contributed by atoms with E-state index in [9.17, 15) is 8.78 Å². The molecule has 0 amide bonds. The van der Waals surface area contributed by atoms with Crippen LogP contribution in [0.4, 0.5) is 8.78 Å². The molecule has 0 N–H and O–H groups in total. The molecule has 3 rings (SSSR count). The molecule has 0 radical (unpaired) electrons. The number of hydrogen-bond donors (Lipinski definition) is 0. The second-order valence-electron chi connectivity index (χ2n) is 5.29. The van der Waals surface area contributed by atoms with Gasteiger partial charge in [-0.3, -0.25) is 0 Å². The number of benzene rings is 1. The molecule has 0 saturated heterocycles. The Morgan fingerprint density at radius 2 is 2.00 bits per heavy atom. The molecule has 0 aliphatic carbocycles. The number of hydrogen-bond acceptors (Lipinski definition) is 3. The van der Waals surface area contributed by atoms with Gasteiger partial charge in [0.2, 0.25) is 5.16 Å². The summed E-state index contributed by atoms with van der Waals surface area (Å²) in [5, 5.41) is 3.09. The number of halogens is 2. The van der Waals surface area contributed by atoms with E-state index >= 15 is 0 Å². The normalized spacial score (nSPS) is 22.0. The molecule has 1 aliphatic rings. The Bertz CT molecular complexity index is 607. The minimum atomic E-state index is -1.48. The summed E-state index contributed by atoms with van der Waals surface area (Å²) in [7, 11) is 0. The van der Waals surface area contributed by atoms with Crippen molar-refractivity contribution in [3.8, 4) is 0 Å². The zero-order valence-electron chi connectivity index (χ0n) is 11.3. The summed E-state index contributed by atoms with van der Waals surface area (Å²) >= 11 is 0.908. The third-order valence-electron chi connectivity index (χ3n) is 3.16. The van der Waals surface area contributed by atoms with Gasteiger partial charge in [-0.25, -0.2) is 18.4 Å². The summed E-state index contributed by atoms with van der Waals surface area (Å²) in [5.74, 6) is 0.297. The molecule has 6 heteroatoms. The SMILES string of the molecule is CC(C)(F)Sc1nc2n(n1)C(c1ccccc1)CC2F. The summed E-state index contributed by atoms with van der Waals surface area (Å²) < 4.78 is 29.3. The molecular weight excluding hydrogens is 280 g/mol. The molecule has 1 aliphatic heterocycles. The molecule has 3 nitrogen and oxygen atoms in total. The van der Waals surface area contributed by atoms with Crippen LogP contribution < -0.4 is 0 Å². The summed E-state index contributed by atoms with van der Waals surface area (Å²) in [6.07, 6.45) is -0.812. The maximum atomic E-state index is 14.1. The maximum Gasteiger partial charge on any atom is 0.211 e.